The van der Waals surface area contributed by atoms with Gasteiger partial charge in [-0.1, -0.05) is 19.9 Å². The molecule has 0 aromatic heterocycles. The number of carbonyl (C=O) groups excluding carboxylic acids is 1. The molecule has 2 nitrogen and oxygen atoms in total. The number of rotatable bonds is 10. The first-order chi connectivity index (χ1) is 14.1. The maximum atomic E-state index is 13.5. The summed E-state index contributed by atoms with van der Waals surface area (Å²) in [5.74, 6) is -53.6. The summed E-state index contributed by atoms with van der Waals surface area (Å²) in [6, 6.07) is 0. The van der Waals surface area contributed by atoms with Gasteiger partial charge in [0.2, 0.25) is 0 Å². The van der Waals surface area contributed by atoms with Crippen molar-refractivity contribution < 1.29 is 84.2 Å². The number of alkyl halides is 17. The second-order valence-corrected chi connectivity index (χ2v) is 6.20. The Morgan fingerprint density at radius 2 is 0.909 bits per heavy atom. The van der Waals surface area contributed by atoms with Gasteiger partial charge in [0.05, 0.1) is 0 Å². The molecule has 0 fully saturated rings. The lowest BCUT2D eigenvalue weighted by Gasteiger charge is -2.42. The summed E-state index contributed by atoms with van der Waals surface area (Å²) in [6.07, 6.45) is -15.8. The Morgan fingerprint density at radius 1 is 0.606 bits per heavy atom. The number of ether oxygens (including phenoxy) is 1. The number of carbonyl (C=O) groups is 1. The predicted octanol–water partition coefficient (Wildman–Crippen LogP) is 6.85. The summed E-state index contributed by atoms with van der Waals surface area (Å²) in [7, 11) is 0. The lowest BCUT2D eigenvalue weighted by atomic mass is 9.90. The molecule has 0 aliphatic carbocycles. The summed E-state index contributed by atoms with van der Waals surface area (Å²) in [6.45, 7) is 3.85. The minimum Gasteiger partial charge on any atom is -0.393 e. The fourth-order valence-electron chi connectivity index (χ4n) is 1.81. The van der Waals surface area contributed by atoms with Gasteiger partial charge in [0.1, 0.15) is 0 Å². The van der Waals surface area contributed by atoms with Crippen LogP contribution in [0.4, 0.5) is 74.6 Å². The van der Waals surface area contributed by atoms with Crippen molar-refractivity contribution in [2.24, 2.45) is 0 Å². The van der Waals surface area contributed by atoms with Gasteiger partial charge >= 0.3 is 53.8 Å². The van der Waals surface area contributed by atoms with E-state index < -0.39 is 65.8 Å². The number of hydrogen-bond donors (Lipinski definition) is 0. The SMILES string of the molecule is C=C(CCC)C(=O)OC(F)(F)C(F)(F)C(F)(F)C(F)(F)C(F)(F)C(F)(F)C(F)(F)C(F)(F)F. The molecule has 0 aliphatic rings. The Balaban J connectivity index is 6.59. The van der Waals surface area contributed by atoms with Crippen LogP contribution in [-0.4, -0.2) is 53.8 Å². The van der Waals surface area contributed by atoms with E-state index in [2.05, 4.69) is 11.3 Å². The van der Waals surface area contributed by atoms with Gasteiger partial charge in [-0.15, -0.1) is 0 Å². The Labute approximate surface area is 171 Å². The Hall–Kier alpha value is -1.98. The van der Waals surface area contributed by atoms with Gasteiger partial charge in [0, 0.05) is 5.57 Å². The van der Waals surface area contributed by atoms with Gasteiger partial charge < -0.3 is 4.74 Å². The Bertz CT molecular complexity index is 749. The van der Waals surface area contributed by atoms with E-state index >= 15 is 0 Å². The van der Waals surface area contributed by atoms with Crippen molar-refractivity contribution in [3.8, 4) is 0 Å². The largest absolute Gasteiger partial charge is 0.473 e. The van der Waals surface area contributed by atoms with Gasteiger partial charge in [-0.25, -0.2) is 4.79 Å². The van der Waals surface area contributed by atoms with Gasteiger partial charge in [0.15, 0.2) is 0 Å². The minimum absolute atomic E-state index is 0.154. The average Bonchev–Trinajstić information content (AvgIpc) is 2.59. The molecule has 0 amide bonds. The molecule has 0 spiro atoms. The van der Waals surface area contributed by atoms with Crippen LogP contribution in [0.3, 0.4) is 0 Å². The average molecular weight is 532 g/mol. The third-order valence-corrected chi connectivity index (χ3v) is 3.75. The van der Waals surface area contributed by atoms with E-state index in [4.69, 9.17) is 0 Å². The third kappa shape index (κ3) is 4.42. The van der Waals surface area contributed by atoms with Crippen LogP contribution in [-0.2, 0) is 9.53 Å². The third-order valence-electron chi connectivity index (χ3n) is 3.75. The van der Waals surface area contributed by atoms with E-state index in [-0.39, 0.29) is 6.42 Å². The summed E-state index contributed by atoms with van der Waals surface area (Å²) < 4.78 is 223. The molecule has 0 rings (SSSR count). The van der Waals surface area contributed by atoms with Crippen molar-refractivity contribution in [1.29, 1.82) is 0 Å². The normalized spacial score (nSPS) is 15.5. The van der Waals surface area contributed by atoms with E-state index in [0.29, 0.717) is 0 Å². The van der Waals surface area contributed by atoms with E-state index in [9.17, 15) is 79.4 Å². The van der Waals surface area contributed by atoms with Crippen LogP contribution in [0.1, 0.15) is 19.8 Å². The van der Waals surface area contributed by atoms with Crippen molar-refractivity contribution in [2.45, 2.75) is 67.6 Å². The summed E-state index contributed by atoms with van der Waals surface area (Å²) in [5.41, 5.74) is -1.18. The highest BCUT2D eigenvalue weighted by atomic mass is 19.4. The van der Waals surface area contributed by atoms with E-state index in [1.807, 2.05) is 0 Å². The zero-order valence-corrected chi connectivity index (χ0v) is 15.4. The van der Waals surface area contributed by atoms with Crippen molar-refractivity contribution in [1.82, 2.24) is 0 Å². The summed E-state index contributed by atoms with van der Waals surface area (Å²) >= 11 is 0. The van der Waals surface area contributed by atoms with Crippen molar-refractivity contribution in [3.05, 3.63) is 12.2 Å². The lowest BCUT2D eigenvalue weighted by Crippen LogP contribution is -2.74. The van der Waals surface area contributed by atoms with E-state index in [1.165, 1.54) is 6.92 Å². The molecule has 0 atom stereocenters. The van der Waals surface area contributed by atoms with Crippen LogP contribution in [0.15, 0.2) is 12.2 Å². The molecule has 0 saturated heterocycles. The van der Waals surface area contributed by atoms with Gasteiger partial charge in [-0.3, -0.25) is 0 Å². The fourth-order valence-corrected chi connectivity index (χ4v) is 1.81. The first-order valence-corrected chi connectivity index (χ1v) is 7.74. The molecule has 0 heterocycles. The molecule has 0 radical (unpaired) electrons. The zero-order valence-electron chi connectivity index (χ0n) is 15.4. The fraction of sp³-hybridized carbons (Fsp3) is 0.786. The number of hydrogen-bond acceptors (Lipinski definition) is 2. The predicted molar refractivity (Wildman–Crippen MR) is 70.8 cm³/mol. The monoisotopic (exact) mass is 532 g/mol. The molecule has 33 heavy (non-hydrogen) atoms. The van der Waals surface area contributed by atoms with Crippen LogP contribution < -0.4 is 0 Å². The van der Waals surface area contributed by atoms with Gasteiger partial charge in [-0.05, 0) is 6.42 Å². The van der Waals surface area contributed by atoms with Gasteiger partial charge in [0.25, 0.3) is 0 Å². The molecule has 19 heteroatoms. The molecule has 0 aromatic carbocycles. The quantitative estimate of drug-likeness (QED) is 0.175. The molecule has 0 saturated carbocycles. The highest BCUT2D eigenvalue weighted by molar-refractivity contribution is 5.87. The maximum absolute atomic E-state index is 13.5. The summed E-state index contributed by atoms with van der Waals surface area (Å²) in [5, 5.41) is 0. The van der Waals surface area contributed by atoms with Crippen LogP contribution in [0, 0.1) is 0 Å². The Kier molecular flexibility index (Phi) is 7.85. The van der Waals surface area contributed by atoms with Crippen molar-refractivity contribution in [2.75, 3.05) is 0 Å². The highest BCUT2D eigenvalue weighted by Crippen LogP contribution is 2.64. The lowest BCUT2D eigenvalue weighted by molar-refractivity contribution is -0.473. The van der Waals surface area contributed by atoms with Crippen molar-refractivity contribution in [3.63, 3.8) is 0 Å². The number of halogens is 17. The first kappa shape index (κ1) is 31.0. The number of esters is 1. The summed E-state index contributed by atoms with van der Waals surface area (Å²) in [4.78, 5) is 11.1. The van der Waals surface area contributed by atoms with Crippen LogP contribution in [0.25, 0.3) is 0 Å². The highest BCUT2D eigenvalue weighted by Gasteiger charge is 2.95. The van der Waals surface area contributed by atoms with Crippen LogP contribution in [0.2, 0.25) is 0 Å². The topological polar surface area (TPSA) is 26.3 Å². The maximum Gasteiger partial charge on any atom is 0.473 e. The second-order valence-electron chi connectivity index (χ2n) is 6.20. The van der Waals surface area contributed by atoms with Crippen LogP contribution in [0.5, 0.6) is 0 Å². The van der Waals surface area contributed by atoms with E-state index in [0.717, 1.165) is 0 Å². The van der Waals surface area contributed by atoms with Gasteiger partial charge in [-0.2, -0.15) is 74.6 Å². The molecule has 0 aliphatic heterocycles. The standard InChI is InChI=1S/C14H9F17O2/c1-3-4-5(2)6(32)33-14(30,31)12(25,26)10(21,22)8(17,18)7(15,16)9(19,20)11(23,24)13(27,28)29/h2-4H2,1H3. The molecular formula is C14H9F17O2. The van der Waals surface area contributed by atoms with Crippen molar-refractivity contribution >= 4 is 5.97 Å². The molecular weight excluding hydrogens is 523 g/mol. The smallest absolute Gasteiger partial charge is 0.393 e. The first-order valence-electron chi connectivity index (χ1n) is 7.74. The van der Waals surface area contributed by atoms with Crippen LogP contribution >= 0.6 is 0 Å². The molecule has 0 bridgehead atoms. The second kappa shape index (κ2) is 8.35. The molecule has 0 aromatic rings. The molecule has 196 valence electrons. The van der Waals surface area contributed by atoms with E-state index in [1.54, 1.807) is 0 Å². The molecule has 0 N–H and O–H groups in total. The molecule has 0 unspecified atom stereocenters. The zero-order chi connectivity index (χ0) is 27.3. The Morgan fingerprint density at radius 3 is 1.21 bits per heavy atom. The minimum atomic E-state index is -8.74.